The molecule has 2 nitrogen and oxygen atoms in total. The number of ether oxygens (including phenoxy) is 2. The van der Waals surface area contributed by atoms with Gasteiger partial charge in [-0.25, -0.2) is 0 Å². The molecular weight excluding hydrogens is 200 g/mol. The lowest BCUT2D eigenvalue weighted by molar-refractivity contribution is 0.110. The largest absolute Gasteiger partial charge is 0.496 e. The summed E-state index contributed by atoms with van der Waals surface area (Å²) >= 11 is 0. The minimum atomic E-state index is 0.109. The topological polar surface area (TPSA) is 18.5 Å². The average Bonchev–Trinajstić information content (AvgIpc) is 2.26. The summed E-state index contributed by atoms with van der Waals surface area (Å²) in [5.74, 6) is 1.01. The molecule has 1 aromatic carbocycles. The molecule has 0 saturated heterocycles. The smallest absolute Gasteiger partial charge is 0.122 e. The number of benzene rings is 1. The maximum Gasteiger partial charge on any atom is 0.122 e. The van der Waals surface area contributed by atoms with E-state index in [1.807, 2.05) is 0 Å². The van der Waals surface area contributed by atoms with E-state index >= 15 is 0 Å². The van der Waals surface area contributed by atoms with Gasteiger partial charge in [-0.15, -0.1) is 0 Å². The molecule has 0 unspecified atom stereocenters. The van der Waals surface area contributed by atoms with E-state index in [1.54, 1.807) is 7.11 Å². The van der Waals surface area contributed by atoms with Gasteiger partial charge in [-0.3, -0.25) is 0 Å². The van der Waals surface area contributed by atoms with Gasteiger partial charge in [0.15, 0.2) is 0 Å². The average molecular weight is 220 g/mol. The van der Waals surface area contributed by atoms with Gasteiger partial charge in [0.1, 0.15) is 5.75 Å². The summed E-state index contributed by atoms with van der Waals surface area (Å²) in [5, 5.41) is 0. The molecule has 1 aliphatic heterocycles. The fourth-order valence-corrected chi connectivity index (χ4v) is 2.15. The number of rotatable bonds is 1. The first-order chi connectivity index (χ1) is 7.52. The van der Waals surface area contributed by atoms with Crippen LogP contribution in [0.15, 0.2) is 12.1 Å². The van der Waals surface area contributed by atoms with Crippen LogP contribution >= 0.6 is 0 Å². The van der Waals surface area contributed by atoms with Crippen LogP contribution in [0, 0.1) is 0 Å². The minimum absolute atomic E-state index is 0.109. The number of hydrogen-bond acceptors (Lipinski definition) is 2. The Kier molecular flexibility index (Phi) is 2.94. The van der Waals surface area contributed by atoms with Crippen molar-refractivity contribution in [2.75, 3.05) is 13.7 Å². The fourth-order valence-electron chi connectivity index (χ4n) is 2.15. The van der Waals surface area contributed by atoms with Crippen LogP contribution in [-0.2, 0) is 23.2 Å². The summed E-state index contributed by atoms with van der Waals surface area (Å²) < 4.78 is 11.0. The maximum atomic E-state index is 5.50. The van der Waals surface area contributed by atoms with Crippen molar-refractivity contribution in [3.8, 4) is 5.75 Å². The van der Waals surface area contributed by atoms with Gasteiger partial charge >= 0.3 is 0 Å². The van der Waals surface area contributed by atoms with Crippen molar-refractivity contribution in [3.63, 3.8) is 0 Å². The van der Waals surface area contributed by atoms with Crippen molar-refractivity contribution in [1.29, 1.82) is 0 Å². The van der Waals surface area contributed by atoms with Gasteiger partial charge < -0.3 is 9.47 Å². The first-order valence-corrected chi connectivity index (χ1v) is 5.80. The third-order valence-electron chi connectivity index (χ3n) is 3.10. The van der Waals surface area contributed by atoms with E-state index in [0.717, 1.165) is 25.4 Å². The summed E-state index contributed by atoms with van der Waals surface area (Å²) in [4.78, 5) is 0. The van der Waals surface area contributed by atoms with Crippen molar-refractivity contribution >= 4 is 0 Å². The Hall–Kier alpha value is -1.02. The lowest BCUT2D eigenvalue weighted by Crippen LogP contribution is -2.17. The second-order valence-corrected chi connectivity index (χ2v) is 5.37. The van der Waals surface area contributed by atoms with Gasteiger partial charge in [0.25, 0.3) is 0 Å². The molecule has 0 spiro atoms. The van der Waals surface area contributed by atoms with E-state index in [-0.39, 0.29) is 5.41 Å². The Morgan fingerprint density at radius 3 is 2.56 bits per heavy atom. The molecule has 2 rings (SSSR count). The molecule has 1 heterocycles. The molecule has 0 amide bonds. The Balaban J connectivity index is 2.52. The highest BCUT2D eigenvalue weighted by Gasteiger charge is 2.22. The van der Waals surface area contributed by atoms with Crippen LogP contribution < -0.4 is 4.74 Å². The molecule has 0 bridgehead atoms. The molecule has 0 atom stereocenters. The third kappa shape index (κ3) is 2.07. The van der Waals surface area contributed by atoms with E-state index in [0.29, 0.717) is 0 Å². The maximum absolute atomic E-state index is 5.50. The molecule has 0 saturated carbocycles. The Bertz CT molecular complexity index is 388. The summed E-state index contributed by atoms with van der Waals surface area (Å²) in [5.41, 5.74) is 4.06. The molecule has 16 heavy (non-hydrogen) atoms. The summed E-state index contributed by atoms with van der Waals surface area (Å²) in [7, 11) is 1.75. The molecule has 0 radical (unpaired) electrons. The van der Waals surface area contributed by atoms with Crippen molar-refractivity contribution in [2.24, 2.45) is 0 Å². The predicted molar refractivity (Wildman–Crippen MR) is 65.1 cm³/mol. The SMILES string of the molecule is COc1cc2c(cc1C(C)(C)C)COCC2. The fraction of sp³-hybridized carbons (Fsp3) is 0.571. The molecular formula is C14H20O2. The van der Waals surface area contributed by atoms with Crippen molar-refractivity contribution < 1.29 is 9.47 Å². The molecule has 1 aliphatic rings. The lowest BCUT2D eigenvalue weighted by atomic mass is 9.84. The van der Waals surface area contributed by atoms with Crippen molar-refractivity contribution in [2.45, 2.75) is 39.2 Å². The molecule has 0 aliphatic carbocycles. The second-order valence-electron chi connectivity index (χ2n) is 5.37. The van der Waals surface area contributed by atoms with E-state index in [4.69, 9.17) is 9.47 Å². The normalized spacial score (nSPS) is 15.8. The number of methoxy groups -OCH3 is 1. The third-order valence-corrected chi connectivity index (χ3v) is 3.10. The van der Waals surface area contributed by atoms with Crippen LogP contribution in [0.3, 0.4) is 0 Å². The van der Waals surface area contributed by atoms with Crippen LogP contribution in [0.2, 0.25) is 0 Å². The number of fused-ring (bicyclic) bond motifs is 1. The highest BCUT2D eigenvalue weighted by atomic mass is 16.5. The molecule has 2 heteroatoms. The standard InChI is InChI=1S/C14H20O2/c1-14(2,3)12-7-11-9-16-6-5-10(11)8-13(12)15-4/h7-8H,5-6,9H2,1-4H3. The van der Waals surface area contributed by atoms with Crippen LogP contribution in [0.4, 0.5) is 0 Å². The zero-order chi connectivity index (χ0) is 11.8. The van der Waals surface area contributed by atoms with E-state index in [1.165, 1.54) is 16.7 Å². The minimum Gasteiger partial charge on any atom is -0.496 e. The second kappa shape index (κ2) is 4.10. The molecule has 88 valence electrons. The molecule has 0 fully saturated rings. The van der Waals surface area contributed by atoms with E-state index in [9.17, 15) is 0 Å². The van der Waals surface area contributed by atoms with Gasteiger partial charge in [0.05, 0.1) is 20.3 Å². The first kappa shape index (κ1) is 11.5. The highest BCUT2D eigenvalue weighted by Crippen LogP contribution is 2.35. The Labute approximate surface area is 97.6 Å². The van der Waals surface area contributed by atoms with Gasteiger partial charge in [0, 0.05) is 0 Å². The monoisotopic (exact) mass is 220 g/mol. The van der Waals surface area contributed by atoms with Gasteiger partial charge in [-0.1, -0.05) is 20.8 Å². The molecule has 1 aromatic rings. The van der Waals surface area contributed by atoms with E-state index in [2.05, 4.69) is 32.9 Å². The lowest BCUT2D eigenvalue weighted by Gasteiger charge is -2.26. The van der Waals surface area contributed by atoms with Gasteiger partial charge in [-0.05, 0) is 40.7 Å². The van der Waals surface area contributed by atoms with Crippen molar-refractivity contribution in [3.05, 3.63) is 28.8 Å². The van der Waals surface area contributed by atoms with Gasteiger partial charge in [-0.2, -0.15) is 0 Å². The zero-order valence-corrected chi connectivity index (χ0v) is 10.6. The first-order valence-electron chi connectivity index (χ1n) is 5.80. The molecule has 0 N–H and O–H groups in total. The summed E-state index contributed by atoms with van der Waals surface area (Å²) in [6, 6.07) is 4.42. The molecule has 0 aromatic heterocycles. The quantitative estimate of drug-likeness (QED) is 0.724. The Morgan fingerprint density at radius 2 is 1.94 bits per heavy atom. The summed E-state index contributed by atoms with van der Waals surface area (Å²) in [6.07, 6.45) is 0.996. The van der Waals surface area contributed by atoms with Crippen LogP contribution in [0.1, 0.15) is 37.5 Å². The van der Waals surface area contributed by atoms with Crippen LogP contribution in [-0.4, -0.2) is 13.7 Å². The summed E-state index contributed by atoms with van der Waals surface area (Å²) in [6.45, 7) is 8.19. The Morgan fingerprint density at radius 1 is 1.19 bits per heavy atom. The van der Waals surface area contributed by atoms with Crippen molar-refractivity contribution in [1.82, 2.24) is 0 Å². The van der Waals surface area contributed by atoms with Crippen LogP contribution in [0.25, 0.3) is 0 Å². The van der Waals surface area contributed by atoms with Gasteiger partial charge in [0.2, 0.25) is 0 Å². The highest BCUT2D eigenvalue weighted by molar-refractivity contribution is 5.46. The van der Waals surface area contributed by atoms with Crippen LogP contribution in [0.5, 0.6) is 5.75 Å². The predicted octanol–water partition coefficient (Wildman–Crippen LogP) is 3.07. The zero-order valence-electron chi connectivity index (χ0n) is 10.6. The van der Waals surface area contributed by atoms with E-state index < -0.39 is 0 Å². The number of hydrogen-bond donors (Lipinski definition) is 0.